The van der Waals surface area contributed by atoms with Gasteiger partial charge in [-0.2, -0.15) is 0 Å². The van der Waals surface area contributed by atoms with E-state index in [-0.39, 0.29) is 24.8 Å². The number of rotatable bonds is 2. The van der Waals surface area contributed by atoms with Gasteiger partial charge >= 0.3 is 107 Å². The molecule has 0 bridgehead atoms. The maximum Gasteiger partial charge on any atom is -1.00 e. The van der Waals surface area contributed by atoms with E-state index in [0.29, 0.717) is 0 Å². The number of hydrogen-bond donors (Lipinski definition) is 0. The molecule has 0 atom stereocenters. The van der Waals surface area contributed by atoms with Crippen molar-refractivity contribution >= 4 is 3.21 Å². The standard InChI is InChI=1S/C7H9.C5H5.C3H6.2ClH.Zr/c1-6-4-3-5-7(6)2;1-2-4-5-3-1;1-3-2;;;/h4H,3H2,1-2H3;1-3H,4H2;1-2H3;2*1H;/q;;;;;+2/p-2. The van der Waals surface area contributed by atoms with E-state index in [2.05, 4.69) is 52.0 Å². The largest absolute Gasteiger partial charge is 1.00 e. The first-order valence-corrected chi connectivity index (χ1v) is 9.70. The zero-order valence-electron chi connectivity index (χ0n) is 11.5. The van der Waals surface area contributed by atoms with Crippen LogP contribution >= 0.6 is 0 Å². The average molecular weight is 362 g/mol. The van der Waals surface area contributed by atoms with Crippen LogP contribution in [0.1, 0.15) is 40.5 Å². The van der Waals surface area contributed by atoms with Gasteiger partial charge < -0.3 is 24.8 Å². The van der Waals surface area contributed by atoms with Crippen LogP contribution in [0.15, 0.2) is 42.0 Å². The predicted octanol–water partition coefficient (Wildman–Crippen LogP) is -1.71. The van der Waals surface area contributed by atoms with Crippen molar-refractivity contribution in [1.29, 1.82) is 0 Å². The molecule has 0 spiro atoms. The molecule has 0 saturated carbocycles. The van der Waals surface area contributed by atoms with Gasteiger partial charge in [-0.1, -0.05) is 0 Å². The topological polar surface area (TPSA) is 0 Å². The summed E-state index contributed by atoms with van der Waals surface area (Å²) in [5, 5.41) is 0. The van der Waals surface area contributed by atoms with Gasteiger partial charge in [-0.25, -0.2) is 0 Å². The molecule has 0 nitrogen and oxygen atoms in total. The Balaban J connectivity index is 0.00000144. The van der Waals surface area contributed by atoms with Gasteiger partial charge in [0.25, 0.3) is 0 Å². The molecule has 98 valence electrons. The van der Waals surface area contributed by atoms with E-state index >= 15 is 0 Å². The Morgan fingerprint density at radius 1 is 1.11 bits per heavy atom. The molecule has 0 aromatic heterocycles. The smallest absolute Gasteiger partial charge is 1.00 e. The van der Waals surface area contributed by atoms with Crippen molar-refractivity contribution in [1.82, 2.24) is 0 Å². The summed E-state index contributed by atoms with van der Waals surface area (Å²) in [6.07, 6.45) is 11.8. The number of allylic oxidation sites excluding steroid dienone is 8. The van der Waals surface area contributed by atoms with E-state index in [1.165, 1.54) is 18.4 Å². The van der Waals surface area contributed by atoms with Gasteiger partial charge in [-0.3, -0.25) is 0 Å². The van der Waals surface area contributed by atoms with Gasteiger partial charge in [-0.15, -0.1) is 0 Å². The summed E-state index contributed by atoms with van der Waals surface area (Å²) in [7, 11) is 0. The van der Waals surface area contributed by atoms with Gasteiger partial charge in [0.15, 0.2) is 0 Å². The van der Waals surface area contributed by atoms with Gasteiger partial charge in [0.05, 0.1) is 0 Å². The van der Waals surface area contributed by atoms with Gasteiger partial charge in [0.1, 0.15) is 0 Å². The van der Waals surface area contributed by atoms with Crippen LogP contribution in [0.3, 0.4) is 0 Å². The molecule has 2 aliphatic carbocycles. The Kier molecular flexibility index (Phi) is 7.91. The molecule has 0 fully saturated rings. The summed E-state index contributed by atoms with van der Waals surface area (Å²) < 4.78 is 5.30. The number of hydrogen-bond acceptors (Lipinski definition) is 0. The average Bonchev–Trinajstić information content (AvgIpc) is 2.83. The molecule has 2 rings (SSSR count). The quantitative estimate of drug-likeness (QED) is 0.549. The summed E-state index contributed by atoms with van der Waals surface area (Å²) in [5.41, 5.74) is 3.12. The van der Waals surface area contributed by atoms with Gasteiger partial charge in [0, 0.05) is 0 Å². The molecule has 18 heavy (non-hydrogen) atoms. The van der Waals surface area contributed by atoms with Crippen LogP contribution in [0.25, 0.3) is 0 Å². The fraction of sp³-hybridized carbons (Fsp3) is 0.400. The molecule has 0 aliphatic heterocycles. The second-order valence-corrected chi connectivity index (χ2v) is 12.3. The summed E-state index contributed by atoms with van der Waals surface area (Å²) in [6.45, 7) is 9.28. The van der Waals surface area contributed by atoms with E-state index < -0.39 is 21.3 Å². The van der Waals surface area contributed by atoms with E-state index in [1.807, 2.05) is 3.28 Å². The van der Waals surface area contributed by atoms with Crippen LogP contribution in [-0.4, -0.2) is 3.21 Å². The normalized spacial score (nSPS) is 16.4. The minimum atomic E-state index is -1.61. The van der Waals surface area contributed by atoms with Crippen molar-refractivity contribution in [2.75, 3.05) is 0 Å². The monoisotopic (exact) mass is 360 g/mol. The van der Waals surface area contributed by atoms with Crippen molar-refractivity contribution in [2.24, 2.45) is 0 Å². The molecule has 0 radical (unpaired) electrons. The minimum Gasteiger partial charge on any atom is -1.00 e. The van der Waals surface area contributed by atoms with E-state index in [9.17, 15) is 0 Å². The molecule has 0 unspecified atom stereocenters. The van der Waals surface area contributed by atoms with Crippen LogP contribution < -0.4 is 24.8 Å². The number of halogens is 2. The van der Waals surface area contributed by atoms with E-state index in [1.54, 1.807) is 12.1 Å². The molecule has 2 aliphatic rings. The second-order valence-electron chi connectivity index (χ2n) is 4.89. The Bertz CT molecular complexity index is 473. The van der Waals surface area contributed by atoms with E-state index in [0.717, 1.165) is 0 Å². The maximum atomic E-state index is 2.41. The SMILES string of the molecule is CC1=CC[C]([Zr+2]([C]2=CC=CC2)=[C](C)C)=C1C.[Cl-].[Cl-]. The van der Waals surface area contributed by atoms with Crippen molar-refractivity contribution in [3.05, 3.63) is 42.0 Å². The van der Waals surface area contributed by atoms with Crippen molar-refractivity contribution in [3.8, 4) is 0 Å². The first kappa shape index (κ1) is 18.3. The molecule has 0 amide bonds. The third-order valence-electron chi connectivity index (χ3n) is 3.55. The molecule has 0 N–H and O–H groups in total. The van der Waals surface area contributed by atoms with Crippen LogP contribution in [-0.2, 0) is 21.3 Å². The van der Waals surface area contributed by atoms with Gasteiger partial charge in [-0.05, 0) is 0 Å². The molecule has 3 heteroatoms. The van der Waals surface area contributed by atoms with Crippen LogP contribution in [0.2, 0.25) is 0 Å². The van der Waals surface area contributed by atoms with Crippen LogP contribution in [0.5, 0.6) is 0 Å². The Hall–Kier alpha value is 0.293. The van der Waals surface area contributed by atoms with Crippen molar-refractivity contribution < 1.29 is 46.1 Å². The first-order valence-electron chi connectivity index (χ1n) is 6.02. The Labute approximate surface area is 131 Å². The minimum absolute atomic E-state index is 0. The molecular formula is C15H20Cl2Zr. The summed E-state index contributed by atoms with van der Waals surface area (Å²) in [5.74, 6) is 0. The van der Waals surface area contributed by atoms with Crippen molar-refractivity contribution in [2.45, 2.75) is 40.5 Å². The molecule has 0 aromatic rings. The molecule has 0 heterocycles. The molecular weight excluding hydrogens is 342 g/mol. The zero-order valence-corrected chi connectivity index (χ0v) is 15.4. The maximum absolute atomic E-state index is 2.41. The fourth-order valence-corrected chi connectivity index (χ4v) is 10.1. The van der Waals surface area contributed by atoms with E-state index in [4.69, 9.17) is 0 Å². The predicted molar refractivity (Wildman–Crippen MR) is 69.3 cm³/mol. The third-order valence-corrected chi connectivity index (χ3v) is 11.4. The summed E-state index contributed by atoms with van der Waals surface area (Å²) in [4.78, 5) is 0. The zero-order chi connectivity index (χ0) is 11.7. The van der Waals surface area contributed by atoms with Crippen LogP contribution in [0.4, 0.5) is 0 Å². The summed E-state index contributed by atoms with van der Waals surface area (Å²) >= 11 is -1.61. The van der Waals surface area contributed by atoms with Crippen molar-refractivity contribution in [3.63, 3.8) is 0 Å². The molecule has 0 aromatic carbocycles. The Morgan fingerprint density at radius 2 is 1.78 bits per heavy atom. The second kappa shape index (κ2) is 7.78. The summed E-state index contributed by atoms with van der Waals surface area (Å²) in [6, 6.07) is 0. The third kappa shape index (κ3) is 3.65. The van der Waals surface area contributed by atoms with Gasteiger partial charge in [0.2, 0.25) is 0 Å². The van der Waals surface area contributed by atoms with Crippen LogP contribution in [0, 0.1) is 0 Å². The Morgan fingerprint density at radius 3 is 2.17 bits per heavy atom. The fourth-order valence-electron chi connectivity index (χ4n) is 2.54. The molecule has 0 saturated heterocycles. The first-order chi connectivity index (χ1) is 7.61.